The van der Waals surface area contributed by atoms with Crippen LogP contribution in [0.5, 0.6) is 11.5 Å². The number of methoxy groups -OCH3 is 1. The molecule has 120 valence electrons. The minimum Gasteiger partial charge on any atom is -0.496 e. The lowest BCUT2D eigenvalue weighted by atomic mass is 10.2. The van der Waals surface area contributed by atoms with Crippen molar-refractivity contribution in [2.45, 2.75) is 6.92 Å². The number of hydrogen-bond acceptors (Lipinski definition) is 5. The number of ether oxygens (including phenoxy) is 2. The number of anilines is 1. The van der Waals surface area contributed by atoms with Gasteiger partial charge in [0, 0.05) is 5.56 Å². The lowest BCUT2D eigenvalue weighted by molar-refractivity contribution is -0.384. The maximum Gasteiger partial charge on any atom is 0.296 e. The molecular weight excluding hydrogens is 300 g/mol. The molecule has 0 heterocycles. The molecule has 2 aromatic rings. The molecule has 7 nitrogen and oxygen atoms in total. The highest BCUT2D eigenvalue weighted by Gasteiger charge is 2.18. The molecule has 1 N–H and O–H groups in total. The monoisotopic (exact) mass is 316 g/mol. The Morgan fingerprint density at radius 3 is 2.65 bits per heavy atom. The van der Waals surface area contributed by atoms with Crippen molar-refractivity contribution in [3.8, 4) is 11.5 Å². The van der Waals surface area contributed by atoms with Crippen LogP contribution in [-0.2, 0) is 0 Å². The first-order chi connectivity index (χ1) is 11.0. The third-order valence-electron chi connectivity index (χ3n) is 3.06. The Morgan fingerprint density at radius 2 is 2.00 bits per heavy atom. The summed E-state index contributed by atoms with van der Waals surface area (Å²) in [7, 11) is 1.41. The summed E-state index contributed by atoms with van der Waals surface area (Å²) in [6, 6.07) is 10.8. The second-order valence-corrected chi connectivity index (χ2v) is 4.56. The predicted octanol–water partition coefficient (Wildman–Crippen LogP) is 3.25. The van der Waals surface area contributed by atoms with E-state index < -0.39 is 10.8 Å². The van der Waals surface area contributed by atoms with Crippen LogP contribution in [0, 0.1) is 10.1 Å². The standard InChI is InChI=1S/C16H16N2O5/c1-3-23-13-6-4-5-11(9-13)16(19)17-14-8-7-12(22-2)10-15(14)18(20)21/h4-10H,3H2,1-2H3,(H,17,19). The molecule has 7 heteroatoms. The van der Waals surface area contributed by atoms with E-state index in [2.05, 4.69) is 5.32 Å². The molecule has 0 radical (unpaired) electrons. The summed E-state index contributed by atoms with van der Waals surface area (Å²) >= 11 is 0. The Kier molecular flexibility index (Phi) is 5.14. The number of nitrogens with one attached hydrogen (secondary N) is 1. The van der Waals surface area contributed by atoms with Gasteiger partial charge in [-0.3, -0.25) is 14.9 Å². The van der Waals surface area contributed by atoms with E-state index in [9.17, 15) is 14.9 Å². The minimum atomic E-state index is -0.575. The maximum absolute atomic E-state index is 12.3. The van der Waals surface area contributed by atoms with E-state index in [1.165, 1.54) is 19.2 Å². The molecule has 23 heavy (non-hydrogen) atoms. The van der Waals surface area contributed by atoms with Gasteiger partial charge in [-0.15, -0.1) is 0 Å². The topological polar surface area (TPSA) is 90.7 Å². The molecular formula is C16H16N2O5. The van der Waals surface area contributed by atoms with Crippen molar-refractivity contribution in [1.29, 1.82) is 0 Å². The predicted molar refractivity (Wildman–Crippen MR) is 85.2 cm³/mol. The molecule has 0 aromatic heterocycles. The summed E-state index contributed by atoms with van der Waals surface area (Å²) in [5, 5.41) is 13.7. The number of carbonyl (C=O) groups is 1. The van der Waals surface area contributed by atoms with Crippen LogP contribution >= 0.6 is 0 Å². The molecule has 1 amide bonds. The molecule has 0 unspecified atom stereocenters. The van der Waals surface area contributed by atoms with Gasteiger partial charge in [-0.25, -0.2) is 0 Å². The van der Waals surface area contributed by atoms with Gasteiger partial charge >= 0.3 is 0 Å². The minimum absolute atomic E-state index is 0.0996. The van der Waals surface area contributed by atoms with Crippen LogP contribution in [0.25, 0.3) is 0 Å². The molecule has 2 aromatic carbocycles. The molecule has 0 saturated carbocycles. The SMILES string of the molecule is CCOc1cccc(C(=O)Nc2ccc(OC)cc2[N+](=O)[O-])c1. The van der Waals surface area contributed by atoms with Crippen molar-refractivity contribution < 1.29 is 19.2 Å². The van der Waals surface area contributed by atoms with Crippen molar-refractivity contribution in [2.75, 3.05) is 19.0 Å². The lowest BCUT2D eigenvalue weighted by Crippen LogP contribution is -2.13. The van der Waals surface area contributed by atoms with E-state index >= 15 is 0 Å². The Bertz CT molecular complexity index is 730. The summed E-state index contributed by atoms with van der Waals surface area (Å²) in [6.45, 7) is 2.32. The first kappa shape index (κ1) is 16.3. The summed E-state index contributed by atoms with van der Waals surface area (Å²) in [5.74, 6) is 0.442. The van der Waals surface area contributed by atoms with Crippen LogP contribution < -0.4 is 14.8 Å². The molecule has 0 aliphatic heterocycles. The van der Waals surface area contributed by atoms with Crippen molar-refractivity contribution in [1.82, 2.24) is 0 Å². The van der Waals surface area contributed by atoms with E-state index in [4.69, 9.17) is 9.47 Å². The average Bonchev–Trinajstić information content (AvgIpc) is 2.55. The number of benzene rings is 2. The van der Waals surface area contributed by atoms with Crippen LogP contribution in [0.4, 0.5) is 11.4 Å². The molecule has 0 fully saturated rings. The molecule has 2 rings (SSSR count). The summed E-state index contributed by atoms with van der Waals surface area (Å²) in [5.41, 5.74) is 0.211. The Morgan fingerprint density at radius 1 is 1.22 bits per heavy atom. The van der Waals surface area contributed by atoms with Gasteiger partial charge in [0.25, 0.3) is 11.6 Å². The van der Waals surface area contributed by atoms with Gasteiger partial charge in [0.15, 0.2) is 0 Å². The van der Waals surface area contributed by atoms with Crippen molar-refractivity contribution in [3.63, 3.8) is 0 Å². The highest BCUT2D eigenvalue weighted by atomic mass is 16.6. The molecule has 0 aliphatic carbocycles. The van der Waals surface area contributed by atoms with Crippen LogP contribution in [0.3, 0.4) is 0 Å². The van der Waals surface area contributed by atoms with Crippen LogP contribution in [-0.4, -0.2) is 24.5 Å². The van der Waals surface area contributed by atoms with Gasteiger partial charge in [0.05, 0.1) is 24.7 Å². The molecule has 0 atom stereocenters. The second kappa shape index (κ2) is 7.26. The van der Waals surface area contributed by atoms with Crippen LogP contribution in [0.15, 0.2) is 42.5 Å². The first-order valence-electron chi connectivity index (χ1n) is 6.91. The van der Waals surface area contributed by atoms with Crippen LogP contribution in [0.2, 0.25) is 0 Å². The number of hydrogen-bond donors (Lipinski definition) is 1. The zero-order chi connectivity index (χ0) is 16.8. The number of nitrogens with zero attached hydrogens (tertiary/aromatic N) is 1. The van der Waals surface area contributed by atoms with Gasteiger partial charge in [-0.2, -0.15) is 0 Å². The first-order valence-corrected chi connectivity index (χ1v) is 6.91. The zero-order valence-electron chi connectivity index (χ0n) is 12.7. The smallest absolute Gasteiger partial charge is 0.296 e. The summed E-state index contributed by atoms with van der Waals surface area (Å²) < 4.78 is 10.3. The Hall–Kier alpha value is -3.09. The summed E-state index contributed by atoms with van der Waals surface area (Å²) in [6.07, 6.45) is 0. The number of nitro benzene ring substituents is 1. The fraction of sp³-hybridized carbons (Fsp3) is 0.188. The number of nitro groups is 1. The van der Waals surface area contributed by atoms with Crippen molar-refractivity contribution in [2.24, 2.45) is 0 Å². The van der Waals surface area contributed by atoms with Gasteiger partial charge in [-0.1, -0.05) is 6.07 Å². The number of amides is 1. The Balaban J connectivity index is 2.26. The van der Waals surface area contributed by atoms with Crippen LogP contribution in [0.1, 0.15) is 17.3 Å². The molecule has 0 bridgehead atoms. The van der Waals surface area contributed by atoms with Crippen molar-refractivity contribution in [3.05, 3.63) is 58.1 Å². The third-order valence-corrected chi connectivity index (χ3v) is 3.06. The van der Waals surface area contributed by atoms with Gasteiger partial charge in [0.1, 0.15) is 17.2 Å². The molecule has 0 aliphatic rings. The normalized spacial score (nSPS) is 10.0. The van der Waals surface area contributed by atoms with E-state index in [1.807, 2.05) is 6.92 Å². The lowest BCUT2D eigenvalue weighted by Gasteiger charge is -2.09. The van der Waals surface area contributed by atoms with Gasteiger partial charge < -0.3 is 14.8 Å². The molecule has 0 saturated heterocycles. The fourth-order valence-electron chi connectivity index (χ4n) is 1.98. The average molecular weight is 316 g/mol. The maximum atomic E-state index is 12.3. The van der Waals surface area contributed by atoms with E-state index in [-0.39, 0.29) is 11.4 Å². The Labute approximate surface area is 133 Å². The van der Waals surface area contributed by atoms with Gasteiger partial charge in [-0.05, 0) is 37.3 Å². The van der Waals surface area contributed by atoms with E-state index in [1.54, 1.807) is 30.3 Å². The number of carbonyl (C=O) groups excluding carboxylic acids is 1. The number of rotatable bonds is 6. The largest absolute Gasteiger partial charge is 0.496 e. The fourth-order valence-corrected chi connectivity index (χ4v) is 1.98. The highest BCUT2D eigenvalue weighted by Crippen LogP contribution is 2.29. The zero-order valence-corrected chi connectivity index (χ0v) is 12.7. The van der Waals surface area contributed by atoms with E-state index in [0.29, 0.717) is 23.7 Å². The summed E-state index contributed by atoms with van der Waals surface area (Å²) in [4.78, 5) is 22.8. The second-order valence-electron chi connectivity index (χ2n) is 4.56. The molecule has 0 spiro atoms. The van der Waals surface area contributed by atoms with E-state index in [0.717, 1.165) is 0 Å². The van der Waals surface area contributed by atoms with Gasteiger partial charge in [0.2, 0.25) is 0 Å². The highest BCUT2D eigenvalue weighted by molar-refractivity contribution is 6.05. The third kappa shape index (κ3) is 3.97. The van der Waals surface area contributed by atoms with Crippen molar-refractivity contribution >= 4 is 17.3 Å². The quantitative estimate of drug-likeness (QED) is 0.652.